The molecule has 0 aliphatic heterocycles. The van der Waals surface area contributed by atoms with Crippen LogP contribution in [0, 0.1) is 5.82 Å². The van der Waals surface area contributed by atoms with Gasteiger partial charge in [-0.1, -0.05) is 0 Å². The number of nitrogens with one attached hydrogen (secondary N) is 1. The molecule has 212 valence electrons. The van der Waals surface area contributed by atoms with Gasteiger partial charge in [0.15, 0.2) is 9.84 Å². The molecular weight excluding hydrogens is 584 g/mol. The summed E-state index contributed by atoms with van der Waals surface area (Å²) < 4.78 is 184. The van der Waals surface area contributed by atoms with E-state index >= 15 is 0 Å². The molecule has 0 heterocycles. The molecule has 1 fully saturated rings. The Morgan fingerprint density at radius 1 is 0.763 bits per heavy atom. The Kier molecular flexibility index (Phi) is 7.91. The molecule has 0 radical (unpaired) electrons. The molecule has 1 aliphatic rings. The van der Waals surface area contributed by atoms with E-state index in [1.807, 2.05) is 0 Å². The lowest BCUT2D eigenvalue weighted by molar-refractivity contribution is -0.139. The van der Waals surface area contributed by atoms with Crippen LogP contribution in [-0.2, 0) is 32.2 Å². The van der Waals surface area contributed by atoms with Gasteiger partial charge in [-0.25, -0.2) is 25.9 Å². The first kappa shape index (κ1) is 30.1. The highest BCUT2D eigenvalue weighted by Crippen LogP contribution is 2.45. The highest BCUT2D eigenvalue weighted by Gasteiger charge is 2.50. The van der Waals surface area contributed by atoms with Gasteiger partial charge >= 0.3 is 27.9 Å². The summed E-state index contributed by atoms with van der Waals surface area (Å²) in [5.74, 6) is -3.12. The second-order valence-electron chi connectivity index (χ2n) is 8.52. The molecule has 0 spiro atoms. The highest BCUT2D eigenvalue weighted by atomic mass is 32.2. The van der Waals surface area contributed by atoms with E-state index in [0.29, 0.717) is 42.5 Å². The summed E-state index contributed by atoms with van der Waals surface area (Å²) in [7, 11) is -10.7. The third kappa shape index (κ3) is 6.25. The molecule has 0 aromatic heterocycles. The molecule has 0 bridgehead atoms. The van der Waals surface area contributed by atoms with E-state index in [1.54, 1.807) is 0 Å². The lowest BCUT2D eigenvalue weighted by Crippen LogP contribution is -2.47. The Morgan fingerprint density at radius 3 is 1.84 bits per heavy atom. The summed E-state index contributed by atoms with van der Waals surface area (Å²) in [5, 5.41) is -1.87. The summed E-state index contributed by atoms with van der Waals surface area (Å²) in [6, 6.07) is 1.39. The first-order valence-corrected chi connectivity index (χ1v) is 13.5. The van der Waals surface area contributed by atoms with Crippen molar-refractivity contribution in [2.75, 3.05) is 0 Å². The van der Waals surface area contributed by atoms with Gasteiger partial charge in [0, 0.05) is 12.0 Å². The summed E-state index contributed by atoms with van der Waals surface area (Å²) in [4.78, 5) is -0.722. The molecule has 5 nitrogen and oxygen atoms in total. The number of alkyl halides is 9. The number of hydrogen-bond acceptors (Lipinski definition) is 4. The van der Waals surface area contributed by atoms with Crippen LogP contribution in [0.5, 0.6) is 0 Å². The Balaban J connectivity index is 2.12. The molecule has 1 aliphatic carbocycles. The second kappa shape index (κ2) is 9.97. The van der Waals surface area contributed by atoms with E-state index in [0.717, 1.165) is 0 Å². The van der Waals surface area contributed by atoms with E-state index in [2.05, 4.69) is 0 Å². The van der Waals surface area contributed by atoms with Crippen LogP contribution in [0.25, 0.3) is 0 Å². The van der Waals surface area contributed by atoms with Crippen LogP contribution in [0.3, 0.4) is 0 Å². The SMILES string of the molecule is O=S(=O)(c1ccc(C(F)(F)F)cc1)[C@H]1CC[C@@H](NS(=O)(=O)C(F)(F)F)C[C@@H]1c1cc(F)ccc1C(F)(F)F. The van der Waals surface area contributed by atoms with Crippen LogP contribution < -0.4 is 4.72 Å². The van der Waals surface area contributed by atoms with E-state index < -0.39 is 102 Å². The minimum absolute atomic E-state index is 0.302. The average molecular weight is 601 g/mol. The van der Waals surface area contributed by atoms with Crippen molar-refractivity contribution in [2.45, 2.75) is 59.2 Å². The van der Waals surface area contributed by atoms with Crippen molar-refractivity contribution in [3.8, 4) is 0 Å². The molecule has 2 aromatic carbocycles. The van der Waals surface area contributed by atoms with E-state index in [9.17, 15) is 60.7 Å². The topological polar surface area (TPSA) is 80.3 Å². The summed E-state index contributed by atoms with van der Waals surface area (Å²) in [5.41, 5.74) is -9.45. The summed E-state index contributed by atoms with van der Waals surface area (Å²) in [6.45, 7) is 0. The quantitative estimate of drug-likeness (QED) is 0.441. The third-order valence-corrected chi connectivity index (χ3v) is 9.58. The molecule has 38 heavy (non-hydrogen) atoms. The second-order valence-corrected chi connectivity index (χ2v) is 12.4. The normalized spacial score (nSPS) is 21.9. The Labute approximate surface area is 209 Å². The van der Waals surface area contributed by atoms with Gasteiger partial charge in [0.05, 0.1) is 21.3 Å². The lowest BCUT2D eigenvalue weighted by atomic mass is 9.79. The van der Waals surface area contributed by atoms with Gasteiger partial charge in [-0.05, 0) is 67.3 Å². The monoisotopic (exact) mass is 601 g/mol. The standard InChI is InChI=1S/C21H17F10NO4S2/c22-12-3-7-17(20(26,27)28)15(9-12)16-10-13(32-38(35,36)21(29,30)31)4-8-18(16)37(33,34)14-5-1-11(2-6-14)19(23,24)25/h1-3,5-7,9,13,16,18,32H,4,8,10H2/t13-,16-,18+/m1/s1. The van der Waals surface area contributed by atoms with E-state index in [4.69, 9.17) is 0 Å². The number of benzene rings is 2. The number of halogens is 10. The fourth-order valence-corrected chi connectivity index (χ4v) is 7.13. The van der Waals surface area contributed by atoms with Crippen molar-refractivity contribution >= 4 is 19.9 Å². The molecule has 1 N–H and O–H groups in total. The maximum absolute atomic E-state index is 14.0. The molecular formula is C21H17F10NO4S2. The fraction of sp³-hybridized carbons (Fsp3) is 0.429. The zero-order chi connectivity index (χ0) is 28.9. The first-order chi connectivity index (χ1) is 17.1. The largest absolute Gasteiger partial charge is 0.511 e. The minimum Gasteiger partial charge on any atom is -0.223 e. The van der Waals surface area contributed by atoms with Crippen LogP contribution >= 0.6 is 0 Å². The summed E-state index contributed by atoms with van der Waals surface area (Å²) in [6.07, 6.45) is -12.2. The molecule has 0 unspecified atom stereocenters. The van der Waals surface area contributed by atoms with Crippen molar-refractivity contribution in [1.29, 1.82) is 0 Å². The van der Waals surface area contributed by atoms with Crippen molar-refractivity contribution in [3.05, 3.63) is 65.0 Å². The molecule has 2 aromatic rings. The van der Waals surface area contributed by atoms with Gasteiger partial charge in [-0.2, -0.15) is 39.5 Å². The Bertz CT molecular complexity index is 1380. The molecule has 0 amide bonds. The molecule has 3 rings (SSSR count). The Hall–Kier alpha value is -2.40. The van der Waals surface area contributed by atoms with Crippen LogP contribution in [0.2, 0.25) is 0 Å². The fourth-order valence-electron chi connectivity index (χ4n) is 4.34. The number of sulfonamides is 1. The van der Waals surface area contributed by atoms with Crippen LogP contribution in [0.1, 0.15) is 41.9 Å². The van der Waals surface area contributed by atoms with Gasteiger partial charge in [0.2, 0.25) is 0 Å². The van der Waals surface area contributed by atoms with Gasteiger partial charge in [0.1, 0.15) is 5.82 Å². The zero-order valence-corrected chi connectivity index (χ0v) is 20.3. The van der Waals surface area contributed by atoms with Crippen LogP contribution in [-0.4, -0.2) is 33.6 Å². The van der Waals surface area contributed by atoms with Gasteiger partial charge in [0.25, 0.3) is 0 Å². The summed E-state index contributed by atoms with van der Waals surface area (Å²) >= 11 is 0. The third-order valence-electron chi connectivity index (χ3n) is 6.04. The van der Waals surface area contributed by atoms with E-state index in [-0.39, 0.29) is 0 Å². The van der Waals surface area contributed by atoms with Crippen molar-refractivity contribution in [3.63, 3.8) is 0 Å². The first-order valence-electron chi connectivity index (χ1n) is 10.5. The minimum atomic E-state index is -5.98. The van der Waals surface area contributed by atoms with Crippen LogP contribution in [0.15, 0.2) is 47.4 Å². The number of rotatable bonds is 5. The maximum atomic E-state index is 14.0. The lowest BCUT2D eigenvalue weighted by Gasteiger charge is -2.37. The molecule has 3 atom stereocenters. The van der Waals surface area contributed by atoms with Crippen molar-refractivity contribution in [1.82, 2.24) is 4.72 Å². The smallest absolute Gasteiger partial charge is 0.223 e. The molecule has 17 heteroatoms. The predicted molar refractivity (Wildman–Crippen MR) is 112 cm³/mol. The number of hydrogen-bond donors (Lipinski definition) is 1. The molecule has 1 saturated carbocycles. The predicted octanol–water partition coefficient (Wildman–Crippen LogP) is 5.78. The molecule has 0 saturated heterocycles. The highest BCUT2D eigenvalue weighted by molar-refractivity contribution is 7.92. The average Bonchev–Trinajstić information content (AvgIpc) is 2.76. The van der Waals surface area contributed by atoms with Gasteiger partial charge in [-0.3, -0.25) is 0 Å². The maximum Gasteiger partial charge on any atom is 0.511 e. The van der Waals surface area contributed by atoms with Crippen molar-refractivity contribution < 1.29 is 60.7 Å². The zero-order valence-electron chi connectivity index (χ0n) is 18.6. The van der Waals surface area contributed by atoms with Crippen LogP contribution in [0.4, 0.5) is 43.9 Å². The number of sulfone groups is 1. The Morgan fingerprint density at radius 2 is 1.34 bits per heavy atom. The van der Waals surface area contributed by atoms with Gasteiger partial charge in [-0.15, -0.1) is 0 Å². The van der Waals surface area contributed by atoms with Gasteiger partial charge < -0.3 is 0 Å². The van der Waals surface area contributed by atoms with E-state index in [1.165, 1.54) is 4.72 Å². The van der Waals surface area contributed by atoms with Crippen molar-refractivity contribution in [2.24, 2.45) is 0 Å².